The van der Waals surface area contributed by atoms with E-state index in [9.17, 15) is 8.42 Å². The number of piperazine rings is 1. The predicted octanol–water partition coefficient (Wildman–Crippen LogP) is 1.22. The van der Waals surface area contributed by atoms with Gasteiger partial charge in [-0.3, -0.25) is 0 Å². The maximum atomic E-state index is 12.3. The zero-order valence-corrected chi connectivity index (χ0v) is 10.5. The Morgan fingerprint density at radius 2 is 1.83 bits per heavy atom. The van der Waals surface area contributed by atoms with Crippen LogP contribution in [0, 0.1) is 0 Å². The summed E-state index contributed by atoms with van der Waals surface area (Å²) in [4.78, 5) is 2.87. The van der Waals surface area contributed by atoms with Crippen molar-refractivity contribution in [2.75, 3.05) is 26.2 Å². The van der Waals surface area contributed by atoms with Crippen molar-refractivity contribution in [1.82, 2.24) is 9.62 Å². The minimum atomic E-state index is -3.44. The Balaban J connectivity index is 2.26. The van der Waals surface area contributed by atoms with E-state index in [4.69, 9.17) is 5.53 Å². The molecule has 0 unspecified atom stereocenters. The molecule has 1 aromatic carbocycles. The smallest absolute Gasteiger partial charge is 0.243 e. The first kappa shape index (κ1) is 12.8. The van der Waals surface area contributed by atoms with Crippen LogP contribution in [0.4, 0.5) is 5.69 Å². The van der Waals surface area contributed by atoms with E-state index in [2.05, 4.69) is 15.3 Å². The van der Waals surface area contributed by atoms with Gasteiger partial charge in [-0.1, -0.05) is 17.2 Å². The third-order valence-electron chi connectivity index (χ3n) is 2.71. The van der Waals surface area contributed by atoms with Crippen LogP contribution in [0.25, 0.3) is 10.4 Å². The number of sulfonamides is 1. The molecule has 96 valence electrons. The van der Waals surface area contributed by atoms with Crippen LogP contribution >= 0.6 is 0 Å². The Kier molecular flexibility index (Phi) is 3.83. The first-order valence-corrected chi connectivity index (χ1v) is 6.94. The van der Waals surface area contributed by atoms with Crippen molar-refractivity contribution in [1.29, 1.82) is 0 Å². The molecule has 0 radical (unpaired) electrons. The quantitative estimate of drug-likeness (QED) is 0.506. The van der Waals surface area contributed by atoms with E-state index in [0.717, 1.165) is 0 Å². The van der Waals surface area contributed by atoms with Crippen molar-refractivity contribution >= 4 is 15.7 Å². The topological polar surface area (TPSA) is 98.2 Å². The average molecular weight is 267 g/mol. The number of benzene rings is 1. The molecule has 8 heteroatoms. The van der Waals surface area contributed by atoms with Crippen molar-refractivity contribution in [3.63, 3.8) is 0 Å². The molecule has 0 aliphatic carbocycles. The molecule has 2 rings (SSSR count). The van der Waals surface area contributed by atoms with Crippen LogP contribution in [0.15, 0.2) is 34.3 Å². The van der Waals surface area contributed by atoms with Gasteiger partial charge in [0, 0.05) is 36.8 Å². The molecule has 1 aliphatic rings. The molecule has 0 amide bonds. The monoisotopic (exact) mass is 267 g/mol. The lowest BCUT2D eigenvalue weighted by molar-refractivity contribution is 0.360. The van der Waals surface area contributed by atoms with Crippen molar-refractivity contribution in [2.45, 2.75) is 4.90 Å². The fourth-order valence-electron chi connectivity index (χ4n) is 1.77. The summed E-state index contributed by atoms with van der Waals surface area (Å²) >= 11 is 0. The lowest BCUT2D eigenvalue weighted by Gasteiger charge is -2.26. The van der Waals surface area contributed by atoms with E-state index in [1.54, 1.807) is 0 Å². The van der Waals surface area contributed by atoms with E-state index < -0.39 is 10.0 Å². The summed E-state index contributed by atoms with van der Waals surface area (Å²) in [5, 5.41) is 6.51. The number of nitrogens with zero attached hydrogens (tertiary/aromatic N) is 4. The van der Waals surface area contributed by atoms with Gasteiger partial charge in [0.2, 0.25) is 10.0 Å². The molecule has 1 N–H and O–H groups in total. The summed E-state index contributed by atoms with van der Waals surface area (Å²) < 4.78 is 26.0. The van der Waals surface area contributed by atoms with Gasteiger partial charge in [0.15, 0.2) is 0 Å². The normalized spacial score (nSPS) is 17.1. The Morgan fingerprint density at radius 3 is 2.39 bits per heavy atom. The molecule has 1 aromatic rings. The molecular formula is C10H13N5O2S. The zero-order valence-electron chi connectivity index (χ0n) is 9.65. The fraction of sp³-hybridized carbons (Fsp3) is 0.400. The van der Waals surface area contributed by atoms with Gasteiger partial charge >= 0.3 is 0 Å². The van der Waals surface area contributed by atoms with Crippen molar-refractivity contribution < 1.29 is 8.42 Å². The van der Waals surface area contributed by atoms with Crippen molar-refractivity contribution in [3.05, 3.63) is 34.7 Å². The summed E-state index contributed by atoms with van der Waals surface area (Å²) in [6.07, 6.45) is 0. The van der Waals surface area contributed by atoms with Gasteiger partial charge in [-0.25, -0.2) is 8.42 Å². The number of azide groups is 1. The van der Waals surface area contributed by atoms with Gasteiger partial charge in [-0.15, -0.1) is 0 Å². The molecule has 1 aliphatic heterocycles. The van der Waals surface area contributed by atoms with Gasteiger partial charge in [-0.05, 0) is 17.7 Å². The van der Waals surface area contributed by atoms with Crippen LogP contribution in [-0.4, -0.2) is 38.9 Å². The molecule has 0 spiro atoms. The van der Waals surface area contributed by atoms with Gasteiger partial charge in [0.25, 0.3) is 0 Å². The number of hydrogen-bond donors (Lipinski definition) is 1. The van der Waals surface area contributed by atoms with Crippen LogP contribution in [0.1, 0.15) is 0 Å². The van der Waals surface area contributed by atoms with Gasteiger partial charge < -0.3 is 5.32 Å². The second-order valence-corrected chi connectivity index (χ2v) is 5.78. The largest absolute Gasteiger partial charge is 0.314 e. The maximum absolute atomic E-state index is 12.3. The maximum Gasteiger partial charge on any atom is 0.243 e. The molecule has 1 saturated heterocycles. The standard InChI is InChI=1S/C10H13N5O2S/c11-14-13-9-1-3-10(4-2-9)18(16,17)15-7-5-12-6-8-15/h1-4,12H,5-8H2. The summed E-state index contributed by atoms with van der Waals surface area (Å²) in [6, 6.07) is 5.91. The van der Waals surface area contributed by atoms with E-state index in [-0.39, 0.29) is 4.90 Å². The molecule has 0 bridgehead atoms. The number of rotatable bonds is 3. The Hall–Kier alpha value is -1.60. The summed E-state index contributed by atoms with van der Waals surface area (Å²) in [6.45, 7) is 2.27. The predicted molar refractivity (Wildman–Crippen MR) is 66.9 cm³/mol. The van der Waals surface area contributed by atoms with E-state index in [1.807, 2.05) is 0 Å². The number of nitrogens with one attached hydrogen (secondary N) is 1. The SMILES string of the molecule is [N-]=[N+]=Nc1ccc(S(=O)(=O)N2CCNCC2)cc1. The Bertz CT molecular complexity index is 556. The molecule has 1 heterocycles. The summed E-state index contributed by atoms with van der Waals surface area (Å²) in [5.74, 6) is 0. The highest BCUT2D eigenvalue weighted by Crippen LogP contribution is 2.20. The number of hydrogen-bond acceptors (Lipinski definition) is 4. The van der Waals surface area contributed by atoms with E-state index >= 15 is 0 Å². The highest BCUT2D eigenvalue weighted by atomic mass is 32.2. The average Bonchev–Trinajstić information content (AvgIpc) is 2.41. The zero-order chi connectivity index (χ0) is 13.0. The first-order valence-electron chi connectivity index (χ1n) is 5.50. The lowest BCUT2D eigenvalue weighted by Crippen LogP contribution is -2.46. The second-order valence-electron chi connectivity index (χ2n) is 3.84. The molecule has 1 fully saturated rings. The van der Waals surface area contributed by atoms with Crippen molar-refractivity contribution in [3.8, 4) is 0 Å². The third kappa shape index (κ3) is 2.62. The Morgan fingerprint density at radius 1 is 1.22 bits per heavy atom. The minimum absolute atomic E-state index is 0.223. The first-order chi connectivity index (χ1) is 8.64. The van der Waals surface area contributed by atoms with Crippen LogP contribution in [0.3, 0.4) is 0 Å². The molecule has 0 atom stereocenters. The summed E-state index contributed by atoms with van der Waals surface area (Å²) in [7, 11) is -3.44. The lowest BCUT2D eigenvalue weighted by atomic mass is 10.3. The van der Waals surface area contributed by atoms with Gasteiger partial charge in [0.1, 0.15) is 0 Å². The molecule has 0 saturated carbocycles. The highest BCUT2D eigenvalue weighted by Gasteiger charge is 2.25. The summed E-state index contributed by atoms with van der Waals surface area (Å²) in [5.41, 5.74) is 8.68. The molecule has 18 heavy (non-hydrogen) atoms. The minimum Gasteiger partial charge on any atom is -0.314 e. The fourth-order valence-corrected chi connectivity index (χ4v) is 3.21. The highest BCUT2D eigenvalue weighted by molar-refractivity contribution is 7.89. The van der Waals surface area contributed by atoms with Crippen LogP contribution in [-0.2, 0) is 10.0 Å². The van der Waals surface area contributed by atoms with Crippen LogP contribution in [0.2, 0.25) is 0 Å². The third-order valence-corrected chi connectivity index (χ3v) is 4.62. The molecule has 0 aromatic heterocycles. The Labute approximate surface area is 105 Å². The molecular weight excluding hydrogens is 254 g/mol. The second kappa shape index (κ2) is 5.36. The van der Waals surface area contributed by atoms with Crippen LogP contribution < -0.4 is 5.32 Å². The van der Waals surface area contributed by atoms with E-state index in [0.29, 0.717) is 31.9 Å². The van der Waals surface area contributed by atoms with Crippen LogP contribution in [0.5, 0.6) is 0 Å². The molecule has 7 nitrogen and oxygen atoms in total. The van der Waals surface area contributed by atoms with Gasteiger partial charge in [0.05, 0.1) is 4.90 Å². The van der Waals surface area contributed by atoms with Crippen molar-refractivity contribution in [2.24, 2.45) is 5.11 Å². The van der Waals surface area contributed by atoms with E-state index in [1.165, 1.54) is 28.6 Å². The van der Waals surface area contributed by atoms with Gasteiger partial charge in [-0.2, -0.15) is 4.31 Å².